The molecule has 0 unspecified atom stereocenters. The zero-order valence-corrected chi connectivity index (χ0v) is 16.8. The van der Waals surface area contributed by atoms with Crippen LogP contribution in [0.1, 0.15) is 21.5 Å². The van der Waals surface area contributed by atoms with E-state index in [4.69, 9.17) is 14.2 Å². The minimum atomic E-state index is -3.80. The summed E-state index contributed by atoms with van der Waals surface area (Å²) >= 11 is 0. The molecule has 2 rings (SSSR count). The largest absolute Gasteiger partial charge is 0.493 e. The van der Waals surface area contributed by atoms with Crippen LogP contribution in [0.15, 0.2) is 41.3 Å². The molecule has 146 valence electrons. The van der Waals surface area contributed by atoms with Crippen LogP contribution in [0.25, 0.3) is 0 Å². The Bertz CT molecular complexity index is 939. The molecule has 0 fully saturated rings. The fraction of sp³-hybridized carbons (Fsp3) is 0.316. The Morgan fingerprint density at radius 2 is 1.67 bits per heavy atom. The van der Waals surface area contributed by atoms with Gasteiger partial charge in [-0.15, -0.1) is 0 Å². The van der Waals surface area contributed by atoms with Crippen molar-refractivity contribution in [1.29, 1.82) is 0 Å². The molecule has 0 aliphatic carbocycles. The Morgan fingerprint density at radius 3 is 2.26 bits per heavy atom. The van der Waals surface area contributed by atoms with Gasteiger partial charge in [-0.05, 0) is 42.3 Å². The van der Waals surface area contributed by atoms with Gasteiger partial charge in [0, 0.05) is 13.6 Å². The molecule has 0 atom stereocenters. The molecular formula is C19H23NO6S. The summed E-state index contributed by atoms with van der Waals surface area (Å²) in [5.74, 6) is 0.504. The van der Waals surface area contributed by atoms with Crippen molar-refractivity contribution < 1.29 is 27.4 Å². The van der Waals surface area contributed by atoms with Crippen LogP contribution in [0.4, 0.5) is 0 Å². The molecule has 7 nitrogen and oxygen atoms in total. The number of methoxy groups -OCH3 is 3. The van der Waals surface area contributed by atoms with Crippen LogP contribution in [0.2, 0.25) is 0 Å². The summed E-state index contributed by atoms with van der Waals surface area (Å²) in [4.78, 5) is 11.9. The quantitative estimate of drug-likeness (QED) is 0.673. The van der Waals surface area contributed by atoms with Gasteiger partial charge in [0.15, 0.2) is 11.5 Å². The molecule has 0 amide bonds. The first-order chi connectivity index (χ1) is 12.7. The van der Waals surface area contributed by atoms with Gasteiger partial charge in [0.25, 0.3) is 0 Å². The van der Waals surface area contributed by atoms with E-state index < -0.39 is 16.0 Å². The number of benzene rings is 2. The van der Waals surface area contributed by atoms with E-state index >= 15 is 0 Å². The van der Waals surface area contributed by atoms with Crippen LogP contribution in [0.3, 0.4) is 0 Å². The number of ether oxygens (including phenoxy) is 3. The van der Waals surface area contributed by atoms with Crippen molar-refractivity contribution in [3.8, 4) is 11.5 Å². The lowest BCUT2D eigenvalue weighted by molar-refractivity contribution is 0.0599. The highest BCUT2D eigenvalue weighted by Gasteiger charge is 2.23. The van der Waals surface area contributed by atoms with Gasteiger partial charge in [0.05, 0.1) is 31.8 Å². The first-order valence-electron chi connectivity index (χ1n) is 8.10. The van der Waals surface area contributed by atoms with Gasteiger partial charge in [-0.25, -0.2) is 13.2 Å². The minimum Gasteiger partial charge on any atom is -0.493 e. The highest BCUT2D eigenvalue weighted by molar-refractivity contribution is 7.89. The van der Waals surface area contributed by atoms with Crippen molar-refractivity contribution in [2.45, 2.75) is 18.4 Å². The molecule has 0 aromatic heterocycles. The predicted molar refractivity (Wildman–Crippen MR) is 101 cm³/mol. The van der Waals surface area contributed by atoms with Gasteiger partial charge in [-0.3, -0.25) is 0 Å². The molecule has 0 aliphatic rings. The summed E-state index contributed by atoms with van der Waals surface area (Å²) in [6.07, 6.45) is 0. The van der Waals surface area contributed by atoms with E-state index in [0.717, 1.165) is 5.56 Å². The lowest BCUT2D eigenvalue weighted by Gasteiger charge is -2.19. The van der Waals surface area contributed by atoms with Crippen LogP contribution in [-0.2, 0) is 21.3 Å². The third kappa shape index (κ3) is 4.40. The minimum absolute atomic E-state index is 0.0245. The van der Waals surface area contributed by atoms with Crippen molar-refractivity contribution >= 4 is 16.0 Å². The van der Waals surface area contributed by atoms with E-state index in [1.807, 2.05) is 0 Å². The number of aryl methyl sites for hydroxylation is 1. The molecule has 0 saturated heterocycles. The SMILES string of the molecule is COC(=O)c1cc(S(=O)(=O)N(C)Cc2ccc(OC)c(OC)c2)ccc1C. The summed E-state index contributed by atoms with van der Waals surface area (Å²) in [5.41, 5.74) is 1.60. The van der Waals surface area contributed by atoms with Crippen molar-refractivity contribution in [2.75, 3.05) is 28.4 Å². The molecule has 8 heteroatoms. The molecule has 0 spiro atoms. The van der Waals surface area contributed by atoms with E-state index in [1.54, 1.807) is 31.2 Å². The van der Waals surface area contributed by atoms with E-state index in [-0.39, 0.29) is 17.0 Å². The average molecular weight is 393 g/mol. The summed E-state index contributed by atoms with van der Waals surface area (Å²) in [6.45, 7) is 1.85. The summed E-state index contributed by atoms with van der Waals surface area (Å²) in [5, 5.41) is 0. The van der Waals surface area contributed by atoms with Crippen LogP contribution in [0, 0.1) is 6.92 Å². The third-order valence-corrected chi connectivity index (χ3v) is 5.98. The standard InChI is InChI=1S/C19H23NO6S/c1-13-6-8-15(11-16(13)19(21)26-5)27(22,23)20(2)12-14-7-9-17(24-3)18(10-14)25-4/h6-11H,12H2,1-5H3. The number of hydrogen-bond acceptors (Lipinski definition) is 6. The number of nitrogens with zero attached hydrogens (tertiary/aromatic N) is 1. The second-order valence-electron chi connectivity index (χ2n) is 5.92. The predicted octanol–water partition coefficient (Wildman–Crippen LogP) is 2.62. The number of sulfonamides is 1. The van der Waals surface area contributed by atoms with Crippen molar-refractivity contribution in [2.24, 2.45) is 0 Å². The van der Waals surface area contributed by atoms with Crippen LogP contribution >= 0.6 is 0 Å². The number of hydrogen-bond donors (Lipinski definition) is 0. The van der Waals surface area contributed by atoms with E-state index in [1.165, 1.54) is 44.8 Å². The Hall–Kier alpha value is -2.58. The number of carbonyl (C=O) groups is 1. The molecular weight excluding hydrogens is 370 g/mol. The first kappa shape index (κ1) is 20.7. The van der Waals surface area contributed by atoms with Crippen molar-refractivity contribution in [3.63, 3.8) is 0 Å². The molecule has 0 radical (unpaired) electrons. The lowest BCUT2D eigenvalue weighted by Crippen LogP contribution is -2.26. The summed E-state index contributed by atoms with van der Waals surface area (Å²) in [6, 6.07) is 9.60. The van der Waals surface area contributed by atoms with Gasteiger partial charge >= 0.3 is 5.97 Å². The maximum Gasteiger partial charge on any atom is 0.338 e. The van der Waals surface area contributed by atoms with Crippen molar-refractivity contribution in [3.05, 3.63) is 53.1 Å². The van der Waals surface area contributed by atoms with E-state index in [9.17, 15) is 13.2 Å². The van der Waals surface area contributed by atoms with Crippen molar-refractivity contribution in [1.82, 2.24) is 4.31 Å². The number of rotatable bonds is 7. The van der Waals surface area contributed by atoms with Crippen LogP contribution in [0.5, 0.6) is 11.5 Å². The summed E-state index contributed by atoms with van der Waals surface area (Å²) < 4.78 is 42.2. The zero-order valence-electron chi connectivity index (χ0n) is 16.0. The molecule has 0 N–H and O–H groups in total. The highest BCUT2D eigenvalue weighted by atomic mass is 32.2. The van der Waals surface area contributed by atoms with Gasteiger partial charge < -0.3 is 14.2 Å². The molecule has 2 aromatic carbocycles. The van der Waals surface area contributed by atoms with Gasteiger partial charge in [-0.2, -0.15) is 4.31 Å². The topological polar surface area (TPSA) is 82.1 Å². The highest BCUT2D eigenvalue weighted by Crippen LogP contribution is 2.29. The van der Waals surface area contributed by atoms with Gasteiger partial charge in [-0.1, -0.05) is 12.1 Å². The van der Waals surface area contributed by atoms with Gasteiger partial charge in [0.1, 0.15) is 0 Å². The molecule has 0 heterocycles. The second kappa shape index (κ2) is 8.41. The Labute approximate surface area is 159 Å². The van der Waals surface area contributed by atoms with Crippen LogP contribution < -0.4 is 9.47 Å². The maximum atomic E-state index is 12.9. The smallest absolute Gasteiger partial charge is 0.338 e. The second-order valence-corrected chi connectivity index (χ2v) is 7.96. The van der Waals surface area contributed by atoms with E-state index in [0.29, 0.717) is 17.1 Å². The van der Waals surface area contributed by atoms with Gasteiger partial charge in [0.2, 0.25) is 10.0 Å². The average Bonchev–Trinajstić information content (AvgIpc) is 2.67. The third-order valence-electron chi connectivity index (χ3n) is 4.18. The number of esters is 1. The lowest BCUT2D eigenvalue weighted by atomic mass is 10.1. The molecule has 0 aliphatic heterocycles. The summed E-state index contributed by atoms with van der Waals surface area (Å²) in [7, 11) is 1.98. The van der Waals surface area contributed by atoms with E-state index in [2.05, 4.69) is 0 Å². The fourth-order valence-corrected chi connectivity index (χ4v) is 3.78. The fourth-order valence-electron chi connectivity index (χ4n) is 2.59. The normalized spacial score (nSPS) is 11.3. The zero-order chi connectivity index (χ0) is 20.2. The Balaban J connectivity index is 2.33. The Morgan fingerprint density at radius 1 is 1.00 bits per heavy atom. The monoisotopic (exact) mass is 393 g/mol. The van der Waals surface area contributed by atoms with Crippen LogP contribution in [-0.4, -0.2) is 47.1 Å². The molecule has 0 saturated carbocycles. The molecule has 27 heavy (non-hydrogen) atoms. The molecule has 0 bridgehead atoms. The Kier molecular flexibility index (Phi) is 6.45. The number of carbonyl (C=O) groups excluding carboxylic acids is 1. The molecule has 2 aromatic rings. The first-order valence-corrected chi connectivity index (χ1v) is 9.54. The maximum absolute atomic E-state index is 12.9.